The van der Waals surface area contributed by atoms with Gasteiger partial charge in [-0.1, -0.05) is 0 Å². The third-order valence-corrected chi connectivity index (χ3v) is 4.23. The van der Waals surface area contributed by atoms with Crippen LogP contribution in [-0.4, -0.2) is 37.9 Å². The van der Waals surface area contributed by atoms with Crippen LogP contribution in [0.25, 0.3) is 33.5 Å². The lowest BCUT2D eigenvalue weighted by Gasteiger charge is -2.11. The number of halogens is 2. The number of fused-ring (bicyclic) bond motifs is 2. The highest BCUT2D eigenvalue weighted by Gasteiger charge is 2.24. The van der Waals surface area contributed by atoms with Gasteiger partial charge in [0, 0.05) is 24.2 Å². The maximum atomic E-state index is 13.9. The number of rotatable bonds is 2. The molecule has 4 aromatic rings. The van der Waals surface area contributed by atoms with Crippen LogP contribution >= 0.6 is 0 Å². The molecule has 1 atom stereocenters. The van der Waals surface area contributed by atoms with E-state index in [9.17, 15) is 8.78 Å². The summed E-state index contributed by atoms with van der Waals surface area (Å²) in [6.45, 7) is 1.15. The molecule has 130 valence electrons. The molecule has 4 heterocycles. The molecule has 26 heavy (non-hydrogen) atoms. The van der Waals surface area contributed by atoms with Crippen molar-refractivity contribution in [2.45, 2.75) is 6.35 Å². The van der Waals surface area contributed by atoms with Gasteiger partial charge in [0.15, 0.2) is 17.3 Å². The van der Waals surface area contributed by atoms with Crippen molar-refractivity contribution in [1.29, 1.82) is 0 Å². The summed E-state index contributed by atoms with van der Waals surface area (Å²) in [7, 11) is 0. The minimum absolute atomic E-state index is 0.398. The van der Waals surface area contributed by atoms with Gasteiger partial charge in [-0.3, -0.25) is 5.32 Å². The molecule has 0 bridgehead atoms. The second kappa shape index (κ2) is 5.75. The van der Waals surface area contributed by atoms with Crippen LogP contribution in [0.5, 0.6) is 0 Å². The molecule has 0 spiro atoms. The Morgan fingerprint density at radius 2 is 2.08 bits per heavy atom. The zero-order valence-electron chi connectivity index (χ0n) is 13.4. The van der Waals surface area contributed by atoms with Gasteiger partial charge in [0.05, 0.1) is 18.3 Å². The molecule has 9 heteroatoms. The van der Waals surface area contributed by atoms with E-state index in [1.807, 2.05) is 0 Å². The summed E-state index contributed by atoms with van der Waals surface area (Å²) in [5, 5.41) is 8.04. The summed E-state index contributed by atoms with van der Waals surface area (Å²) in [5.74, 6) is -1.90. The summed E-state index contributed by atoms with van der Waals surface area (Å²) in [6.07, 6.45) is 2.60. The van der Waals surface area contributed by atoms with Crippen LogP contribution in [0.2, 0.25) is 0 Å². The Morgan fingerprint density at radius 3 is 2.92 bits per heavy atom. The third-order valence-electron chi connectivity index (χ3n) is 4.23. The normalized spacial score (nSPS) is 17.4. The van der Waals surface area contributed by atoms with E-state index in [0.717, 1.165) is 12.1 Å². The molecule has 0 radical (unpaired) electrons. The molecule has 0 amide bonds. The number of nitrogens with zero attached hydrogens (tertiary/aromatic N) is 5. The molecule has 1 N–H and O–H groups in total. The van der Waals surface area contributed by atoms with Gasteiger partial charge in [-0.2, -0.15) is 5.10 Å². The number of nitrogens with one attached hydrogen (secondary N) is 1. The maximum absolute atomic E-state index is 13.9. The zero-order valence-corrected chi connectivity index (χ0v) is 13.4. The van der Waals surface area contributed by atoms with Crippen molar-refractivity contribution in [3.8, 4) is 11.4 Å². The number of hydrogen-bond donors (Lipinski definition) is 1. The van der Waals surface area contributed by atoms with Crippen molar-refractivity contribution in [3.63, 3.8) is 0 Å². The van der Waals surface area contributed by atoms with Gasteiger partial charge in [0.25, 0.3) is 0 Å². The zero-order chi connectivity index (χ0) is 17.7. The summed E-state index contributed by atoms with van der Waals surface area (Å²) in [6, 6.07) is 5.76. The first kappa shape index (κ1) is 15.2. The minimum Gasteiger partial charge on any atom is -0.342 e. The second-order valence-corrected chi connectivity index (χ2v) is 5.86. The van der Waals surface area contributed by atoms with Crippen LogP contribution < -0.4 is 5.32 Å². The van der Waals surface area contributed by atoms with Crippen LogP contribution in [-0.2, 0) is 4.74 Å². The molecule has 5 rings (SSSR count). The fourth-order valence-electron chi connectivity index (χ4n) is 3.04. The van der Waals surface area contributed by atoms with Crippen molar-refractivity contribution >= 4 is 22.1 Å². The van der Waals surface area contributed by atoms with Gasteiger partial charge in [0.1, 0.15) is 16.9 Å². The van der Waals surface area contributed by atoms with Gasteiger partial charge in [-0.05, 0) is 18.2 Å². The Labute approximate surface area is 145 Å². The molecule has 1 fully saturated rings. The van der Waals surface area contributed by atoms with Crippen molar-refractivity contribution in [1.82, 2.24) is 30.0 Å². The van der Waals surface area contributed by atoms with Crippen molar-refractivity contribution in [3.05, 3.63) is 48.3 Å². The van der Waals surface area contributed by atoms with Gasteiger partial charge >= 0.3 is 0 Å². The van der Waals surface area contributed by atoms with E-state index in [1.54, 1.807) is 18.3 Å². The smallest absolute Gasteiger partial charge is 0.206 e. The molecule has 1 aliphatic rings. The lowest BCUT2D eigenvalue weighted by atomic mass is 10.1. The standard InChI is InChI=1S/C17H12F2N6O/c18-10-6-9-14(7-11(10)19)25(17-21-4-5-26-17)24-15(9)13-8-22-16-12(23-13)2-1-3-20-16/h1-3,6-8,17,21H,4-5H2. The number of pyridine rings is 1. The molecule has 0 saturated carbocycles. The van der Waals surface area contributed by atoms with E-state index in [0.29, 0.717) is 46.6 Å². The quantitative estimate of drug-likeness (QED) is 0.596. The molecule has 1 unspecified atom stereocenters. The summed E-state index contributed by atoms with van der Waals surface area (Å²) in [5.41, 5.74) is 2.34. The average molecular weight is 354 g/mol. The maximum Gasteiger partial charge on any atom is 0.206 e. The fraction of sp³-hybridized carbons (Fsp3) is 0.176. The summed E-state index contributed by atoms with van der Waals surface area (Å²) in [4.78, 5) is 12.9. The van der Waals surface area contributed by atoms with Gasteiger partial charge < -0.3 is 4.74 Å². The van der Waals surface area contributed by atoms with Gasteiger partial charge in [0.2, 0.25) is 6.35 Å². The second-order valence-electron chi connectivity index (χ2n) is 5.86. The first-order valence-electron chi connectivity index (χ1n) is 8.01. The topological polar surface area (TPSA) is 77.8 Å². The fourth-order valence-corrected chi connectivity index (χ4v) is 3.04. The highest BCUT2D eigenvalue weighted by molar-refractivity contribution is 5.93. The van der Waals surface area contributed by atoms with Crippen molar-refractivity contribution in [2.24, 2.45) is 0 Å². The van der Waals surface area contributed by atoms with Gasteiger partial charge in [-0.15, -0.1) is 0 Å². The first-order valence-corrected chi connectivity index (χ1v) is 8.01. The Hall–Kier alpha value is -3.04. The number of hydrogen-bond acceptors (Lipinski definition) is 6. The minimum atomic E-state index is -0.950. The molecule has 3 aromatic heterocycles. The van der Waals surface area contributed by atoms with E-state index in [4.69, 9.17) is 4.74 Å². The molecular weight excluding hydrogens is 342 g/mol. The SMILES string of the molecule is Fc1cc2c(-c3cnc4ncccc4n3)nn(C3NCCO3)c2cc1F. The van der Waals surface area contributed by atoms with Crippen LogP contribution in [0.3, 0.4) is 0 Å². The predicted molar refractivity (Wildman–Crippen MR) is 89.0 cm³/mol. The Balaban J connectivity index is 1.76. The summed E-state index contributed by atoms with van der Waals surface area (Å²) >= 11 is 0. The van der Waals surface area contributed by atoms with Crippen LogP contribution in [0.1, 0.15) is 6.35 Å². The molecule has 1 aliphatic heterocycles. The van der Waals surface area contributed by atoms with E-state index in [2.05, 4.69) is 25.4 Å². The Kier molecular flexibility index (Phi) is 3.37. The van der Waals surface area contributed by atoms with Crippen LogP contribution in [0.15, 0.2) is 36.7 Å². The Morgan fingerprint density at radius 1 is 1.19 bits per heavy atom. The molecule has 0 aliphatic carbocycles. The number of aromatic nitrogens is 5. The monoisotopic (exact) mass is 354 g/mol. The third kappa shape index (κ3) is 2.32. The van der Waals surface area contributed by atoms with E-state index >= 15 is 0 Å². The number of benzene rings is 1. The molecular formula is C17H12F2N6O. The van der Waals surface area contributed by atoms with E-state index < -0.39 is 18.0 Å². The molecule has 1 saturated heterocycles. The van der Waals surface area contributed by atoms with Crippen LogP contribution in [0.4, 0.5) is 8.78 Å². The Bertz CT molecular complexity index is 1140. The lowest BCUT2D eigenvalue weighted by molar-refractivity contribution is 0.0381. The predicted octanol–water partition coefficient (Wildman–Crippen LogP) is 2.40. The van der Waals surface area contributed by atoms with Gasteiger partial charge in [-0.25, -0.2) is 28.4 Å². The highest BCUT2D eigenvalue weighted by Crippen LogP contribution is 2.31. The largest absolute Gasteiger partial charge is 0.342 e. The first-order chi connectivity index (χ1) is 12.7. The highest BCUT2D eigenvalue weighted by atomic mass is 19.2. The van der Waals surface area contributed by atoms with E-state index in [1.165, 1.54) is 10.9 Å². The molecule has 1 aromatic carbocycles. The van der Waals surface area contributed by atoms with Crippen molar-refractivity contribution < 1.29 is 13.5 Å². The number of ether oxygens (including phenoxy) is 1. The van der Waals surface area contributed by atoms with Crippen molar-refractivity contribution in [2.75, 3.05) is 13.2 Å². The van der Waals surface area contributed by atoms with Crippen LogP contribution in [0, 0.1) is 11.6 Å². The average Bonchev–Trinajstić information content (AvgIpc) is 3.30. The summed E-state index contributed by atoms with van der Waals surface area (Å²) < 4.78 is 34.8. The molecule has 7 nitrogen and oxygen atoms in total. The lowest BCUT2D eigenvalue weighted by Crippen LogP contribution is -2.22. The van der Waals surface area contributed by atoms with E-state index in [-0.39, 0.29) is 0 Å².